The maximum Gasteiger partial charge on any atom is 0.123 e. The van der Waals surface area contributed by atoms with Crippen molar-refractivity contribution in [3.63, 3.8) is 0 Å². The topological polar surface area (TPSA) is 29.3 Å². The molecule has 2 aromatic rings. The van der Waals surface area contributed by atoms with E-state index in [2.05, 4.69) is 33.8 Å². The van der Waals surface area contributed by atoms with Crippen molar-refractivity contribution in [2.45, 2.75) is 13.0 Å². The van der Waals surface area contributed by atoms with Crippen molar-refractivity contribution >= 4 is 21.6 Å². The lowest BCUT2D eigenvalue weighted by atomic mass is 10.0. The Labute approximate surface area is 127 Å². The van der Waals surface area contributed by atoms with E-state index >= 15 is 0 Å². The molecule has 0 saturated heterocycles. The van der Waals surface area contributed by atoms with E-state index in [0.29, 0.717) is 6.54 Å². The highest BCUT2D eigenvalue weighted by molar-refractivity contribution is 9.10. The van der Waals surface area contributed by atoms with Gasteiger partial charge in [0.2, 0.25) is 0 Å². The Balaban J connectivity index is 2.38. The Hall–Kier alpha value is -1.39. The van der Waals surface area contributed by atoms with Gasteiger partial charge < -0.3 is 10.6 Å². The van der Waals surface area contributed by atoms with E-state index in [9.17, 15) is 4.39 Å². The molecule has 0 aliphatic rings. The lowest BCUT2D eigenvalue weighted by Crippen LogP contribution is -2.33. The second kappa shape index (κ2) is 6.86. The minimum atomic E-state index is -0.227. The predicted molar refractivity (Wildman–Crippen MR) is 85.4 cm³/mol. The van der Waals surface area contributed by atoms with Crippen LogP contribution < -0.4 is 10.6 Å². The number of hydrogen-bond acceptors (Lipinski definition) is 2. The monoisotopic (exact) mass is 336 g/mol. The summed E-state index contributed by atoms with van der Waals surface area (Å²) in [6, 6.07) is 14.6. The summed E-state index contributed by atoms with van der Waals surface area (Å²) < 4.78 is 14.1. The third kappa shape index (κ3) is 3.19. The zero-order chi connectivity index (χ0) is 14.5. The summed E-state index contributed by atoms with van der Waals surface area (Å²) in [5.41, 5.74) is 8.09. The molecule has 20 heavy (non-hydrogen) atoms. The Bertz CT molecular complexity index is 557. The van der Waals surface area contributed by atoms with Gasteiger partial charge in [0, 0.05) is 23.2 Å². The summed E-state index contributed by atoms with van der Waals surface area (Å²) in [6.07, 6.45) is 0. The molecule has 0 aliphatic carbocycles. The van der Waals surface area contributed by atoms with Gasteiger partial charge >= 0.3 is 0 Å². The average molecular weight is 337 g/mol. The molecule has 106 valence electrons. The van der Waals surface area contributed by atoms with Gasteiger partial charge in [0.05, 0.1) is 6.04 Å². The van der Waals surface area contributed by atoms with Crippen molar-refractivity contribution in [3.05, 3.63) is 64.4 Å². The maximum absolute atomic E-state index is 13.1. The van der Waals surface area contributed by atoms with E-state index in [4.69, 9.17) is 5.73 Å². The molecule has 0 spiro atoms. The van der Waals surface area contributed by atoms with E-state index in [-0.39, 0.29) is 11.9 Å². The summed E-state index contributed by atoms with van der Waals surface area (Å²) in [6.45, 7) is 3.37. The van der Waals surface area contributed by atoms with Gasteiger partial charge in [0.1, 0.15) is 5.82 Å². The van der Waals surface area contributed by atoms with Crippen molar-refractivity contribution in [1.29, 1.82) is 0 Å². The summed E-state index contributed by atoms with van der Waals surface area (Å²) in [7, 11) is 0. The van der Waals surface area contributed by atoms with Crippen LogP contribution in [0.5, 0.6) is 0 Å². The minimum absolute atomic E-state index is 0.0565. The van der Waals surface area contributed by atoms with Crippen molar-refractivity contribution in [3.8, 4) is 0 Å². The van der Waals surface area contributed by atoms with Crippen molar-refractivity contribution < 1.29 is 4.39 Å². The van der Waals surface area contributed by atoms with Crippen molar-refractivity contribution in [2.75, 3.05) is 18.0 Å². The molecule has 0 amide bonds. The van der Waals surface area contributed by atoms with E-state index in [1.165, 1.54) is 12.1 Å². The van der Waals surface area contributed by atoms with Crippen LogP contribution in [0.25, 0.3) is 0 Å². The van der Waals surface area contributed by atoms with Crippen LogP contribution in [0.15, 0.2) is 53.0 Å². The van der Waals surface area contributed by atoms with Gasteiger partial charge in [-0.2, -0.15) is 0 Å². The first-order chi connectivity index (χ1) is 9.67. The molecule has 0 aromatic heterocycles. The summed E-state index contributed by atoms with van der Waals surface area (Å²) in [5.74, 6) is -0.227. The highest BCUT2D eigenvalue weighted by Crippen LogP contribution is 2.30. The molecular formula is C16H18BrFN2. The number of halogens is 2. The summed E-state index contributed by atoms with van der Waals surface area (Å²) in [4.78, 5) is 2.18. The second-order valence-corrected chi connectivity index (χ2v) is 5.39. The van der Waals surface area contributed by atoms with E-state index in [1.807, 2.05) is 18.2 Å². The Morgan fingerprint density at radius 2 is 1.80 bits per heavy atom. The first kappa shape index (κ1) is 15.0. The average Bonchev–Trinajstić information content (AvgIpc) is 2.47. The van der Waals surface area contributed by atoms with Gasteiger partial charge in [-0.25, -0.2) is 4.39 Å². The van der Waals surface area contributed by atoms with Gasteiger partial charge in [0.25, 0.3) is 0 Å². The molecule has 4 heteroatoms. The Kier molecular flexibility index (Phi) is 5.15. The van der Waals surface area contributed by atoms with Crippen LogP contribution in [-0.2, 0) is 0 Å². The normalized spacial score (nSPS) is 12.2. The summed E-state index contributed by atoms with van der Waals surface area (Å²) >= 11 is 3.58. The standard InChI is InChI=1S/C16H18BrFN2/c1-2-20(13-9-7-12(18)8-10-13)16(11-19)14-5-3-4-6-15(14)17/h3-10,16H,2,11,19H2,1H3. The Morgan fingerprint density at radius 3 is 2.35 bits per heavy atom. The molecule has 0 saturated carbocycles. The maximum atomic E-state index is 13.1. The third-order valence-corrected chi connectivity index (χ3v) is 4.08. The first-order valence-electron chi connectivity index (χ1n) is 6.64. The van der Waals surface area contributed by atoms with Gasteiger partial charge in [-0.15, -0.1) is 0 Å². The SMILES string of the molecule is CCN(c1ccc(F)cc1)C(CN)c1ccccc1Br. The summed E-state index contributed by atoms with van der Waals surface area (Å²) in [5, 5.41) is 0. The molecule has 0 radical (unpaired) electrons. The van der Waals surface area contributed by atoms with Crippen LogP contribution >= 0.6 is 15.9 Å². The zero-order valence-electron chi connectivity index (χ0n) is 11.4. The lowest BCUT2D eigenvalue weighted by molar-refractivity contribution is 0.622. The van der Waals surface area contributed by atoms with E-state index < -0.39 is 0 Å². The van der Waals surface area contributed by atoms with Crippen LogP contribution in [0.3, 0.4) is 0 Å². The van der Waals surface area contributed by atoms with Crippen LogP contribution in [-0.4, -0.2) is 13.1 Å². The quantitative estimate of drug-likeness (QED) is 0.889. The van der Waals surface area contributed by atoms with Crippen LogP contribution in [0, 0.1) is 5.82 Å². The molecule has 0 bridgehead atoms. The number of likely N-dealkylation sites (N-methyl/N-ethyl adjacent to an activating group) is 1. The van der Waals surface area contributed by atoms with Crippen LogP contribution in [0.2, 0.25) is 0 Å². The number of nitrogens with two attached hydrogens (primary N) is 1. The number of benzene rings is 2. The predicted octanol–water partition coefficient (Wildman–Crippen LogP) is 4.11. The molecule has 0 aliphatic heterocycles. The number of hydrogen-bond donors (Lipinski definition) is 1. The molecule has 2 N–H and O–H groups in total. The fraction of sp³-hybridized carbons (Fsp3) is 0.250. The van der Waals surface area contributed by atoms with Gasteiger partial charge in [-0.3, -0.25) is 0 Å². The zero-order valence-corrected chi connectivity index (χ0v) is 13.0. The molecule has 0 heterocycles. The molecule has 0 fully saturated rings. The smallest absolute Gasteiger partial charge is 0.123 e. The second-order valence-electron chi connectivity index (χ2n) is 4.54. The minimum Gasteiger partial charge on any atom is -0.363 e. The first-order valence-corrected chi connectivity index (χ1v) is 7.43. The highest BCUT2D eigenvalue weighted by atomic mass is 79.9. The fourth-order valence-electron chi connectivity index (χ4n) is 2.38. The van der Waals surface area contributed by atoms with Crippen molar-refractivity contribution in [1.82, 2.24) is 0 Å². The number of rotatable bonds is 5. The van der Waals surface area contributed by atoms with Crippen LogP contribution in [0.1, 0.15) is 18.5 Å². The molecule has 2 nitrogen and oxygen atoms in total. The molecule has 1 atom stereocenters. The van der Waals surface area contributed by atoms with Crippen molar-refractivity contribution in [2.24, 2.45) is 5.73 Å². The molecule has 2 aromatic carbocycles. The molecule has 1 unspecified atom stereocenters. The van der Waals surface area contributed by atoms with Gasteiger partial charge in [-0.05, 0) is 42.8 Å². The molecular weight excluding hydrogens is 319 g/mol. The highest BCUT2D eigenvalue weighted by Gasteiger charge is 2.20. The van der Waals surface area contributed by atoms with Gasteiger partial charge in [0.15, 0.2) is 0 Å². The number of nitrogens with zero attached hydrogens (tertiary/aromatic N) is 1. The lowest BCUT2D eigenvalue weighted by Gasteiger charge is -2.33. The van der Waals surface area contributed by atoms with Crippen LogP contribution in [0.4, 0.5) is 10.1 Å². The van der Waals surface area contributed by atoms with Gasteiger partial charge in [-0.1, -0.05) is 34.1 Å². The fourth-order valence-corrected chi connectivity index (χ4v) is 2.93. The largest absolute Gasteiger partial charge is 0.363 e. The molecule has 2 rings (SSSR count). The third-order valence-electron chi connectivity index (χ3n) is 3.36. The Morgan fingerprint density at radius 1 is 1.15 bits per heavy atom. The van der Waals surface area contributed by atoms with E-state index in [1.54, 1.807) is 12.1 Å². The van der Waals surface area contributed by atoms with E-state index in [0.717, 1.165) is 22.3 Å². The number of anilines is 1.